The van der Waals surface area contributed by atoms with Crippen LogP contribution in [0.4, 0.5) is 0 Å². The SMILES string of the molecule is O=C(NCC(=O)N1CCN(C/C=C/c2ccccc2)CC1)c1cccnc1. The van der Waals surface area contributed by atoms with Gasteiger partial charge in [0.1, 0.15) is 0 Å². The lowest BCUT2D eigenvalue weighted by Gasteiger charge is -2.34. The predicted octanol–water partition coefficient (Wildman–Crippen LogP) is 1.67. The summed E-state index contributed by atoms with van der Waals surface area (Å²) in [6.07, 6.45) is 7.37. The molecule has 140 valence electrons. The Balaban J connectivity index is 1.37. The summed E-state index contributed by atoms with van der Waals surface area (Å²) in [7, 11) is 0. The highest BCUT2D eigenvalue weighted by Gasteiger charge is 2.20. The third-order valence-corrected chi connectivity index (χ3v) is 4.52. The average molecular weight is 364 g/mol. The first kappa shape index (κ1) is 18.8. The van der Waals surface area contributed by atoms with Gasteiger partial charge < -0.3 is 10.2 Å². The molecule has 1 aliphatic rings. The van der Waals surface area contributed by atoms with E-state index in [0.717, 1.165) is 19.6 Å². The molecule has 0 radical (unpaired) electrons. The summed E-state index contributed by atoms with van der Waals surface area (Å²) in [4.78, 5) is 32.3. The van der Waals surface area contributed by atoms with Crippen molar-refractivity contribution >= 4 is 17.9 Å². The first-order chi connectivity index (χ1) is 13.2. The van der Waals surface area contributed by atoms with Gasteiger partial charge in [-0.1, -0.05) is 42.5 Å². The Labute approximate surface area is 159 Å². The zero-order chi connectivity index (χ0) is 18.9. The number of hydrogen-bond donors (Lipinski definition) is 1. The summed E-state index contributed by atoms with van der Waals surface area (Å²) in [5, 5.41) is 2.66. The molecule has 0 aliphatic carbocycles. The minimum atomic E-state index is -0.277. The number of rotatable bonds is 6. The van der Waals surface area contributed by atoms with Crippen LogP contribution >= 0.6 is 0 Å². The molecule has 2 aromatic rings. The number of aromatic nitrogens is 1. The van der Waals surface area contributed by atoms with Crippen molar-refractivity contribution in [2.75, 3.05) is 39.3 Å². The number of nitrogens with one attached hydrogen (secondary N) is 1. The third kappa shape index (κ3) is 5.76. The number of piperazine rings is 1. The van der Waals surface area contributed by atoms with Crippen LogP contribution in [0.5, 0.6) is 0 Å². The second-order valence-electron chi connectivity index (χ2n) is 6.42. The zero-order valence-electron chi connectivity index (χ0n) is 15.3. The van der Waals surface area contributed by atoms with Crippen molar-refractivity contribution < 1.29 is 9.59 Å². The molecule has 0 bridgehead atoms. The van der Waals surface area contributed by atoms with Gasteiger partial charge in [-0.05, 0) is 17.7 Å². The fourth-order valence-electron chi connectivity index (χ4n) is 2.95. The minimum Gasteiger partial charge on any atom is -0.343 e. The van der Waals surface area contributed by atoms with Crippen LogP contribution in [0.2, 0.25) is 0 Å². The van der Waals surface area contributed by atoms with E-state index in [2.05, 4.69) is 39.5 Å². The van der Waals surface area contributed by atoms with E-state index >= 15 is 0 Å². The molecule has 2 heterocycles. The van der Waals surface area contributed by atoms with Crippen molar-refractivity contribution in [1.29, 1.82) is 0 Å². The molecule has 27 heavy (non-hydrogen) atoms. The maximum absolute atomic E-state index is 12.3. The fourth-order valence-corrected chi connectivity index (χ4v) is 2.95. The first-order valence-electron chi connectivity index (χ1n) is 9.12. The second kappa shape index (κ2) is 9.64. The lowest BCUT2D eigenvalue weighted by Crippen LogP contribution is -2.51. The van der Waals surface area contributed by atoms with E-state index in [9.17, 15) is 9.59 Å². The summed E-state index contributed by atoms with van der Waals surface area (Å²) in [5.41, 5.74) is 1.65. The van der Waals surface area contributed by atoms with E-state index in [-0.39, 0.29) is 18.4 Å². The van der Waals surface area contributed by atoms with Gasteiger partial charge in [-0.2, -0.15) is 0 Å². The predicted molar refractivity (Wildman–Crippen MR) is 105 cm³/mol. The molecule has 1 aromatic heterocycles. The highest BCUT2D eigenvalue weighted by atomic mass is 16.2. The van der Waals surface area contributed by atoms with Crippen molar-refractivity contribution in [2.45, 2.75) is 0 Å². The molecule has 0 atom stereocenters. The number of hydrogen-bond acceptors (Lipinski definition) is 4. The van der Waals surface area contributed by atoms with E-state index in [1.807, 2.05) is 18.2 Å². The lowest BCUT2D eigenvalue weighted by molar-refractivity contribution is -0.131. The van der Waals surface area contributed by atoms with Gasteiger partial charge in [0.15, 0.2) is 0 Å². The Bertz CT molecular complexity index is 769. The average Bonchev–Trinajstić information content (AvgIpc) is 2.73. The minimum absolute atomic E-state index is 0.0155. The molecular weight excluding hydrogens is 340 g/mol. The summed E-state index contributed by atoms with van der Waals surface area (Å²) in [6.45, 7) is 3.92. The Morgan fingerprint density at radius 3 is 2.52 bits per heavy atom. The zero-order valence-corrected chi connectivity index (χ0v) is 15.3. The summed E-state index contributed by atoms with van der Waals surface area (Å²) < 4.78 is 0. The highest BCUT2D eigenvalue weighted by Crippen LogP contribution is 2.05. The number of benzene rings is 1. The van der Waals surface area contributed by atoms with Crippen molar-refractivity contribution in [2.24, 2.45) is 0 Å². The van der Waals surface area contributed by atoms with E-state index in [0.29, 0.717) is 18.7 Å². The standard InChI is InChI=1S/C21H24N4O2/c26-20(17-23-21(27)19-9-4-10-22-16-19)25-14-12-24(13-15-25)11-5-8-18-6-2-1-3-7-18/h1-10,16H,11-15,17H2,(H,23,27)/b8-5+. The van der Waals surface area contributed by atoms with Gasteiger partial charge in [-0.3, -0.25) is 19.5 Å². The van der Waals surface area contributed by atoms with E-state index in [1.165, 1.54) is 11.8 Å². The van der Waals surface area contributed by atoms with Gasteiger partial charge in [0.25, 0.3) is 5.91 Å². The molecule has 1 aliphatic heterocycles. The molecule has 1 saturated heterocycles. The first-order valence-corrected chi connectivity index (χ1v) is 9.12. The number of amides is 2. The quantitative estimate of drug-likeness (QED) is 0.847. The smallest absolute Gasteiger partial charge is 0.253 e. The molecule has 0 spiro atoms. The van der Waals surface area contributed by atoms with Gasteiger partial charge >= 0.3 is 0 Å². The Hall–Kier alpha value is -2.99. The van der Waals surface area contributed by atoms with Crippen molar-refractivity contribution in [3.63, 3.8) is 0 Å². The molecule has 0 saturated carbocycles. The molecule has 1 N–H and O–H groups in total. The number of nitrogens with zero attached hydrogens (tertiary/aromatic N) is 3. The van der Waals surface area contributed by atoms with Gasteiger partial charge in [-0.15, -0.1) is 0 Å². The molecule has 6 heteroatoms. The monoisotopic (exact) mass is 364 g/mol. The fraction of sp³-hybridized carbons (Fsp3) is 0.286. The van der Waals surface area contributed by atoms with Crippen LogP contribution < -0.4 is 5.32 Å². The number of pyridine rings is 1. The molecule has 3 rings (SSSR count). The summed E-state index contributed by atoms with van der Waals surface area (Å²) in [6, 6.07) is 13.6. The maximum atomic E-state index is 12.3. The van der Waals surface area contributed by atoms with Gasteiger partial charge in [-0.25, -0.2) is 0 Å². The van der Waals surface area contributed by atoms with Gasteiger partial charge in [0, 0.05) is 45.1 Å². The lowest BCUT2D eigenvalue weighted by atomic mass is 10.2. The summed E-state index contributed by atoms with van der Waals surface area (Å²) >= 11 is 0. The van der Waals surface area contributed by atoms with E-state index in [4.69, 9.17) is 0 Å². The number of carbonyl (C=O) groups is 2. The Kier molecular flexibility index (Phi) is 6.71. The van der Waals surface area contributed by atoms with Crippen LogP contribution in [-0.4, -0.2) is 65.9 Å². The summed E-state index contributed by atoms with van der Waals surface area (Å²) in [5.74, 6) is -0.326. The largest absolute Gasteiger partial charge is 0.343 e. The topological polar surface area (TPSA) is 65.5 Å². The molecule has 2 amide bonds. The van der Waals surface area contributed by atoms with Crippen LogP contribution in [0.25, 0.3) is 6.08 Å². The normalized spacial score (nSPS) is 15.0. The van der Waals surface area contributed by atoms with Crippen molar-refractivity contribution in [3.05, 3.63) is 72.1 Å². The highest BCUT2D eigenvalue weighted by molar-refractivity contribution is 5.96. The second-order valence-corrected chi connectivity index (χ2v) is 6.42. The van der Waals surface area contributed by atoms with E-state index < -0.39 is 0 Å². The van der Waals surface area contributed by atoms with Crippen LogP contribution in [0, 0.1) is 0 Å². The van der Waals surface area contributed by atoms with Gasteiger partial charge in [0.2, 0.25) is 5.91 Å². The molecule has 0 unspecified atom stereocenters. The third-order valence-electron chi connectivity index (χ3n) is 4.52. The maximum Gasteiger partial charge on any atom is 0.253 e. The van der Waals surface area contributed by atoms with E-state index in [1.54, 1.807) is 23.2 Å². The van der Waals surface area contributed by atoms with Crippen LogP contribution in [-0.2, 0) is 4.79 Å². The molecule has 1 aromatic carbocycles. The van der Waals surface area contributed by atoms with Crippen molar-refractivity contribution in [3.8, 4) is 0 Å². The van der Waals surface area contributed by atoms with Crippen molar-refractivity contribution in [1.82, 2.24) is 20.1 Å². The molecular formula is C21H24N4O2. The van der Waals surface area contributed by atoms with Crippen LogP contribution in [0.15, 0.2) is 60.9 Å². The Morgan fingerprint density at radius 2 is 1.81 bits per heavy atom. The van der Waals surface area contributed by atoms with Gasteiger partial charge in [0.05, 0.1) is 12.1 Å². The molecule has 1 fully saturated rings. The Morgan fingerprint density at radius 1 is 1.04 bits per heavy atom. The molecule has 6 nitrogen and oxygen atoms in total. The van der Waals surface area contributed by atoms with Crippen LogP contribution in [0.1, 0.15) is 15.9 Å². The van der Waals surface area contributed by atoms with Crippen LogP contribution in [0.3, 0.4) is 0 Å². The number of carbonyl (C=O) groups excluding carboxylic acids is 2.